The van der Waals surface area contributed by atoms with Crippen molar-refractivity contribution in [3.63, 3.8) is 0 Å². The summed E-state index contributed by atoms with van der Waals surface area (Å²) >= 11 is 6.02. The van der Waals surface area contributed by atoms with Crippen LogP contribution in [0.3, 0.4) is 0 Å². The third kappa shape index (κ3) is 4.00. The number of carbonyl (C=O) groups excluding carboxylic acids is 2. The van der Waals surface area contributed by atoms with Gasteiger partial charge < -0.3 is 10.2 Å². The van der Waals surface area contributed by atoms with Crippen LogP contribution in [0.15, 0.2) is 66.7 Å². The molecule has 1 atom stereocenters. The summed E-state index contributed by atoms with van der Waals surface area (Å²) in [5, 5.41) is 14.5. The fourth-order valence-corrected chi connectivity index (χ4v) is 3.88. The van der Waals surface area contributed by atoms with Crippen LogP contribution in [0, 0.1) is 10.1 Å². The largest absolute Gasteiger partial charge is 0.340 e. The highest BCUT2D eigenvalue weighted by Crippen LogP contribution is 2.30. The van der Waals surface area contributed by atoms with Crippen LogP contribution in [0.5, 0.6) is 0 Å². The minimum Gasteiger partial charge on any atom is -0.340 e. The lowest BCUT2D eigenvalue weighted by atomic mass is 9.99. The van der Waals surface area contributed by atoms with Gasteiger partial charge in [-0.25, -0.2) is 0 Å². The van der Waals surface area contributed by atoms with E-state index in [0.717, 1.165) is 5.56 Å². The van der Waals surface area contributed by atoms with E-state index in [1.165, 1.54) is 11.0 Å². The third-order valence-electron chi connectivity index (χ3n) is 5.30. The maximum absolute atomic E-state index is 13.0. The van der Waals surface area contributed by atoms with Gasteiger partial charge in [0.25, 0.3) is 11.6 Å². The van der Waals surface area contributed by atoms with Crippen molar-refractivity contribution in [2.75, 3.05) is 11.9 Å². The zero-order chi connectivity index (χ0) is 22.1. The average molecular weight is 436 g/mol. The molecule has 1 heterocycles. The van der Waals surface area contributed by atoms with E-state index in [-0.39, 0.29) is 23.9 Å². The number of hydrogen-bond acceptors (Lipinski definition) is 4. The molecule has 31 heavy (non-hydrogen) atoms. The molecule has 2 amide bonds. The number of para-hydroxylation sites is 1. The number of nitrogens with one attached hydrogen (secondary N) is 1. The topological polar surface area (TPSA) is 92.6 Å². The Bertz CT molecular complexity index is 1190. The van der Waals surface area contributed by atoms with Crippen LogP contribution in [-0.2, 0) is 11.2 Å². The SMILES string of the molecule is CN1C(=O)C(Cc2ccc(-c3ccccc3[N+](=O)[O-])cc2)NC(=O)c2cc(Cl)ccc21. The molecule has 1 N–H and O–H groups in total. The minimum absolute atomic E-state index is 0.0273. The quantitative estimate of drug-likeness (QED) is 0.490. The van der Waals surface area contributed by atoms with Crippen LogP contribution in [0.2, 0.25) is 5.02 Å². The Labute approximate surface area is 183 Å². The van der Waals surface area contributed by atoms with E-state index in [2.05, 4.69) is 5.32 Å². The maximum Gasteiger partial charge on any atom is 0.277 e. The Kier molecular flexibility index (Phi) is 5.44. The van der Waals surface area contributed by atoms with Gasteiger partial charge in [-0.15, -0.1) is 0 Å². The molecule has 1 aliphatic rings. The zero-order valence-electron chi connectivity index (χ0n) is 16.5. The van der Waals surface area contributed by atoms with E-state index in [1.54, 1.807) is 67.7 Å². The predicted octanol–water partition coefficient (Wildman–Crippen LogP) is 4.23. The van der Waals surface area contributed by atoms with E-state index in [4.69, 9.17) is 11.6 Å². The Balaban J connectivity index is 1.58. The summed E-state index contributed by atoms with van der Waals surface area (Å²) in [6.07, 6.45) is 0.286. The van der Waals surface area contributed by atoms with Gasteiger partial charge in [0.2, 0.25) is 5.91 Å². The second kappa shape index (κ2) is 8.20. The van der Waals surface area contributed by atoms with E-state index in [0.29, 0.717) is 27.4 Å². The van der Waals surface area contributed by atoms with Crippen LogP contribution >= 0.6 is 11.6 Å². The Morgan fingerprint density at radius 2 is 1.74 bits per heavy atom. The summed E-state index contributed by atoms with van der Waals surface area (Å²) in [5.74, 6) is -0.603. The number of carbonyl (C=O) groups is 2. The van der Waals surface area contributed by atoms with Crippen LogP contribution in [0.1, 0.15) is 15.9 Å². The molecule has 1 aliphatic heterocycles. The molecule has 0 fully saturated rings. The molecule has 0 saturated heterocycles. The summed E-state index contributed by atoms with van der Waals surface area (Å²) < 4.78 is 0. The van der Waals surface area contributed by atoms with Crippen LogP contribution in [-0.4, -0.2) is 29.8 Å². The lowest BCUT2D eigenvalue weighted by molar-refractivity contribution is -0.384. The van der Waals surface area contributed by atoms with Crippen molar-refractivity contribution in [1.82, 2.24) is 5.32 Å². The standard InChI is InChI=1S/C23H18ClN3O4/c1-26-20-11-10-16(24)13-18(20)22(28)25-19(23(26)29)12-14-6-8-15(9-7-14)17-4-2-3-5-21(17)27(30)31/h2-11,13,19H,12H2,1H3,(H,25,28). The number of nitrogens with zero attached hydrogens (tertiary/aromatic N) is 2. The van der Waals surface area contributed by atoms with Crippen molar-refractivity contribution in [2.24, 2.45) is 0 Å². The first-order valence-corrected chi connectivity index (χ1v) is 9.93. The highest BCUT2D eigenvalue weighted by atomic mass is 35.5. The fourth-order valence-electron chi connectivity index (χ4n) is 3.70. The van der Waals surface area contributed by atoms with Crippen molar-refractivity contribution in [1.29, 1.82) is 0 Å². The molecule has 0 radical (unpaired) electrons. The summed E-state index contributed by atoms with van der Waals surface area (Å²) in [4.78, 5) is 38.0. The fraction of sp³-hybridized carbons (Fsp3) is 0.130. The van der Waals surface area contributed by atoms with E-state index in [9.17, 15) is 19.7 Å². The minimum atomic E-state index is -0.749. The molecule has 7 nitrogen and oxygen atoms in total. The summed E-state index contributed by atoms with van der Waals surface area (Å²) in [6, 6.07) is 17.8. The number of nitro groups is 1. The van der Waals surface area contributed by atoms with Crippen LogP contribution in [0.25, 0.3) is 11.1 Å². The molecule has 0 bridgehead atoms. The molecule has 4 rings (SSSR count). The molecule has 3 aromatic carbocycles. The van der Waals surface area contributed by atoms with E-state index >= 15 is 0 Å². The second-order valence-electron chi connectivity index (χ2n) is 7.26. The molecule has 0 aliphatic carbocycles. The smallest absolute Gasteiger partial charge is 0.277 e. The van der Waals surface area contributed by atoms with Gasteiger partial charge in [0.05, 0.1) is 21.7 Å². The number of nitro benzene ring substituents is 1. The first-order valence-electron chi connectivity index (χ1n) is 9.56. The molecule has 0 spiro atoms. The second-order valence-corrected chi connectivity index (χ2v) is 7.70. The third-order valence-corrected chi connectivity index (χ3v) is 5.54. The number of likely N-dealkylation sites (N-methyl/N-ethyl adjacent to an activating group) is 1. The maximum atomic E-state index is 13.0. The van der Waals surface area contributed by atoms with Gasteiger partial charge in [-0.3, -0.25) is 19.7 Å². The summed E-state index contributed by atoms with van der Waals surface area (Å²) in [6.45, 7) is 0. The Morgan fingerprint density at radius 1 is 1.03 bits per heavy atom. The number of hydrogen-bond donors (Lipinski definition) is 1. The highest BCUT2D eigenvalue weighted by molar-refractivity contribution is 6.31. The van der Waals surface area contributed by atoms with Gasteiger partial charge in [0, 0.05) is 24.6 Å². The van der Waals surface area contributed by atoms with Crippen molar-refractivity contribution < 1.29 is 14.5 Å². The van der Waals surface area contributed by atoms with Crippen molar-refractivity contribution in [3.8, 4) is 11.1 Å². The van der Waals surface area contributed by atoms with E-state index in [1.807, 2.05) is 0 Å². The number of halogens is 1. The van der Waals surface area contributed by atoms with Crippen molar-refractivity contribution in [3.05, 3.63) is 93.0 Å². The molecular weight excluding hydrogens is 418 g/mol. The van der Waals surface area contributed by atoms with Crippen LogP contribution in [0.4, 0.5) is 11.4 Å². The molecule has 0 saturated carbocycles. The van der Waals surface area contributed by atoms with Crippen molar-refractivity contribution >= 4 is 34.8 Å². The predicted molar refractivity (Wildman–Crippen MR) is 118 cm³/mol. The van der Waals surface area contributed by atoms with Gasteiger partial charge in [0.15, 0.2) is 0 Å². The van der Waals surface area contributed by atoms with E-state index < -0.39 is 11.0 Å². The summed E-state index contributed by atoms with van der Waals surface area (Å²) in [7, 11) is 1.62. The molecule has 0 aromatic heterocycles. The van der Waals surface area contributed by atoms with Gasteiger partial charge in [0.1, 0.15) is 6.04 Å². The zero-order valence-corrected chi connectivity index (χ0v) is 17.3. The Morgan fingerprint density at radius 3 is 2.45 bits per heavy atom. The van der Waals surface area contributed by atoms with Gasteiger partial charge in [-0.1, -0.05) is 48.0 Å². The van der Waals surface area contributed by atoms with Gasteiger partial charge >= 0.3 is 0 Å². The number of amides is 2. The normalized spacial score (nSPS) is 15.8. The Hall–Kier alpha value is -3.71. The van der Waals surface area contributed by atoms with Gasteiger partial charge in [-0.05, 0) is 35.4 Å². The molecule has 3 aromatic rings. The lowest BCUT2D eigenvalue weighted by Gasteiger charge is -2.21. The lowest BCUT2D eigenvalue weighted by Crippen LogP contribution is -2.45. The first kappa shape index (κ1) is 20.6. The monoisotopic (exact) mass is 435 g/mol. The summed E-state index contributed by atoms with van der Waals surface area (Å²) in [5.41, 5.74) is 2.91. The molecular formula is C23H18ClN3O4. The molecule has 156 valence electrons. The number of benzene rings is 3. The van der Waals surface area contributed by atoms with Crippen LogP contribution < -0.4 is 10.2 Å². The van der Waals surface area contributed by atoms with Gasteiger partial charge in [-0.2, -0.15) is 0 Å². The highest BCUT2D eigenvalue weighted by Gasteiger charge is 2.32. The number of fused-ring (bicyclic) bond motifs is 1. The molecule has 8 heteroatoms. The average Bonchev–Trinajstić information content (AvgIpc) is 2.85. The number of anilines is 1. The molecule has 1 unspecified atom stereocenters. The first-order chi connectivity index (χ1) is 14.8. The van der Waals surface area contributed by atoms with Crippen molar-refractivity contribution in [2.45, 2.75) is 12.5 Å². The number of rotatable bonds is 4.